The van der Waals surface area contributed by atoms with Crippen LogP contribution in [0.1, 0.15) is 36.8 Å². The predicted octanol–water partition coefficient (Wildman–Crippen LogP) is 2.76. The Balaban J connectivity index is 2.07. The summed E-state index contributed by atoms with van der Waals surface area (Å²) in [7, 11) is 0. The summed E-state index contributed by atoms with van der Waals surface area (Å²) in [5, 5.41) is 3.07. The molecular weight excluding hydrogens is 224 g/mol. The summed E-state index contributed by atoms with van der Waals surface area (Å²) in [6.45, 7) is 4.05. The van der Waals surface area contributed by atoms with Gasteiger partial charge in [-0.15, -0.1) is 0 Å². The molecular formula is C15H22N2O. The van der Waals surface area contributed by atoms with Crippen LogP contribution in [0.2, 0.25) is 0 Å². The second-order valence-electron chi connectivity index (χ2n) is 5.38. The normalized spacial score (nSPS) is 23.7. The van der Waals surface area contributed by atoms with E-state index < -0.39 is 0 Å². The van der Waals surface area contributed by atoms with Gasteiger partial charge in [0.2, 0.25) is 5.91 Å². The molecule has 1 aromatic carbocycles. The standard InChI is InChI=1S/C15H22N2O/c1-10-5-3-6-11(2)14(10)17-15(18)12-7-4-8-13(16)9-12/h3,5-6,12-13H,4,7-9,16H2,1-2H3,(H,17,18). The lowest BCUT2D eigenvalue weighted by molar-refractivity contribution is -0.120. The molecule has 1 aliphatic carbocycles. The number of aryl methyl sites for hydroxylation is 2. The molecule has 1 amide bonds. The van der Waals surface area contributed by atoms with Crippen molar-refractivity contribution in [2.24, 2.45) is 11.7 Å². The van der Waals surface area contributed by atoms with Crippen LogP contribution >= 0.6 is 0 Å². The number of carbonyl (C=O) groups is 1. The summed E-state index contributed by atoms with van der Waals surface area (Å²) in [6.07, 6.45) is 3.89. The van der Waals surface area contributed by atoms with Crippen molar-refractivity contribution in [2.75, 3.05) is 5.32 Å². The summed E-state index contributed by atoms with van der Waals surface area (Å²) in [4.78, 5) is 12.3. The number of rotatable bonds is 2. The number of anilines is 1. The third-order valence-electron chi connectivity index (χ3n) is 3.81. The van der Waals surface area contributed by atoms with Gasteiger partial charge in [-0.2, -0.15) is 0 Å². The van der Waals surface area contributed by atoms with Gasteiger partial charge >= 0.3 is 0 Å². The zero-order chi connectivity index (χ0) is 13.1. The molecule has 2 atom stereocenters. The van der Waals surface area contributed by atoms with Gasteiger partial charge < -0.3 is 11.1 Å². The number of para-hydroxylation sites is 1. The molecule has 1 aliphatic rings. The molecule has 3 heteroatoms. The van der Waals surface area contributed by atoms with Crippen molar-refractivity contribution in [3.05, 3.63) is 29.3 Å². The van der Waals surface area contributed by atoms with Gasteiger partial charge in [0.1, 0.15) is 0 Å². The predicted molar refractivity (Wildman–Crippen MR) is 74.5 cm³/mol. The molecule has 98 valence electrons. The second-order valence-corrected chi connectivity index (χ2v) is 5.38. The molecule has 0 aromatic heterocycles. The van der Waals surface area contributed by atoms with Crippen molar-refractivity contribution in [3.63, 3.8) is 0 Å². The fourth-order valence-corrected chi connectivity index (χ4v) is 2.70. The quantitative estimate of drug-likeness (QED) is 0.843. The van der Waals surface area contributed by atoms with Gasteiger partial charge in [0, 0.05) is 17.6 Å². The van der Waals surface area contributed by atoms with Crippen LogP contribution < -0.4 is 11.1 Å². The van der Waals surface area contributed by atoms with Gasteiger partial charge in [-0.05, 0) is 44.2 Å². The van der Waals surface area contributed by atoms with Crippen LogP contribution in [0, 0.1) is 19.8 Å². The summed E-state index contributed by atoms with van der Waals surface area (Å²) in [6, 6.07) is 6.24. The largest absolute Gasteiger partial charge is 0.328 e. The van der Waals surface area contributed by atoms with E-state index in [-0.39, 0.29) is 17.9 Å². The van der Waals surface area contributed by atoms with Crippen molar-refractivity contribution in [1.29, 1.82) is 0 Å². The molecule has 0 bridgehead atoms. The van der Waals surface area contributed by atoms with Crippen LogP contribution in [-0.4, -0.2) is 11.9 Å². The smallest absolute Gasteiger partial charge is 0.227 e. The molecule has 2 unspecified atom stereocenters. The summed E-state index contributed by atoms with van der Waals surface area (Å²) in [5.41, 5.74) is 9.12. The van der Waals surface area contributed by atoms with Crippen molar-refractivity contribution in [3.8, 4) is 0 Å². The Kier molecular flexibility index (Phi) is 4.02. The van der Waals surface area contributed by atoms with E-state index in [1.807, 2.05) is 32.0 Å². The average Bonchev–Trinajstić information content (AvgIpc) is 2.34. The summed E-state index contributed by atoms with van der Waals surface area (Å²) in [5.74, 6) is 0.204. The lowest BCUT2D eigenvalue weighted by atomic mass is 9.85. The maximum absolute atomic E-state index is 12.3. The van der Waals surface area contributed by atoms with E-state index in [0.717, 1.165) is 42.5 Å². The SMILES string of the molecule is Cc1cccc(C)c1NC(=O)C1CCCC(N)C1. The van der Waals surface area contributed by atoms with Crippen LogP contribution in [0.5, 0.6) is 0 Å². The molecule has 1 fully saturated rings. The van der Waals surface area contributed by atoms with E-state index in [9.17, 15) is 4.79 Å². The maximum Gasteiger partial charge on any atom is 0.227 e. The summed E-state index contributed by atoms with van der Waals surface area (Å²) >= 11 is 0. The van der Waals surface area contributed by atoms with E-state index in [1.165, 1.54) is 0 Å². The minimum Gasteiger partial charge on any atom is -0.328 e. The zero-order valence-electron chi connectivity index (χ0n) is 11.2. The Labute approximate surface area is 109 Å². The molecule has 3 nitrogen and oxygen atoms in total. The highest BCUT2D eigenvalue weighted by Gasteiger charge is 2.25. The van der Waals surface area contributed by atoms with Crippen LogP contribution in [0.15, 0.2) is 18.2 Å². The first-order valence-corrected chi connectivity index (χ1v) is 6.70. The Bertz CT molecular complexity index is 422. The fourth-order valence-electron chi connectivity index (χ4n) is 2.70. The minimum absolute atomic E-state index is 0.0766. The van der Waals surface area contributed by atoms with Crippen LogP contribution in [0.3, 0.4) is 0 Å². The Hall–Kier alpha value is -1.35. The van der Waals surface area contributed by atoms with E-state index in [4.69, 9.17) is 5.73 Å². The molecule has 1 saturated carbocycles. The third-order valence-corrected chi connectivity index (χ3v) is 3.81. The lowest BCUT2D eigenvalue weighted by Gasteiger charge is -2.26. The van der Waals surface area contributed by atoms with Gasteiger partial charge in [0.05, 0.1) is 0 Å². The number of nitrogens with one attached hydrogen (secondary N) is 1. The minimum atomic E-state index is 0.0766. The Morgan fingerprint density at radius 2 is 1.94 bits per heavy atom. The first-order valence-electron chi connectivity index (χ1n) is 6.70. The van der Waals surface area contributed by atoms with Crippen LogP contribution in [0.25, 0.3) is 0 Å². The topological polar surface area (TPSA) is 55.1 Å². The van der Waals surface area contributed by atoms with Gasteiger partial charge in [-0.25, -0.2) is 0 Å². The summed E-state index contributed by atoms with van der Waals surface area (Å²) < 4.78 is 0. The second kappa shape index (κ2) is 5.53. The average molecular weight is 246 g/mol. The number of amides is 1. The van der Waals surface area contributed by atoms with E-state index in [0.29, 0.717) is 0 Å². The van der Waals surface area contributed by atoms with Crippen LogP contribution in [-0.2, 0) is 4.79 Å². The first-order chi connectivity index (χ1) is 8.58. The van der Waals surface area contributed by atoms with E-state index >= 15 is 0 Å². The third kappa shape index (κ3) is 2.91. The molecule has 2 rings (SSSR count). The van der Waals surface area contributed by atoms with Gasteiger partial charge in [0.25, 0.3) is 0 Å². The molecule has 1 aromatic rings. The number of nitrogens with two attached hydrogens (primary N) is 1. The van der Waals surface area contributed by atoms with E-state index in [1.54, 1.807) is 0 Å². The maximum atomic E-state index is 12.3. The zero-order valence-corrected chi connectivity index (χ0v) is 11.2. The van der Waals surface area contributed by atoms with Gasteiger partial charge in [0.15, 0.2) is 0 Å². The first kappa shape index (κ1) is 13.1. The Morgan fingerprint density at radius 3 is 2.56 bits per heavy atom. The molecule has 3 N–H and O–H groups in total. The molecule has 0 saturated heterocycles. The molecule has 0 spiro atoms. The fraction of sp³-hybridized carbons (Fsp3) is 0.533. The van der Waals surface area contributed by atoms with E-state index in [2.05, 4.69) is 5.32 Å². The highest BCUT2D eigenvalue weighted by molar-refractivity contribution is 5.94. The van der Waals surface area contributed by atoms with Crippen LogP contribution in [0.4, 0.5) is 5.69 Å². The number of benzene rings is 1. The molecule has 0 aliphatic heterocycles. The lowest BCUT2D eigenvalue weighted by Crippen LogP contribution is -2.34. The van der Waals surface area contributed by atoms with Crippen molar-refractivity contribution in [1.82, 2.24) is 0 Å². The Morgan fingerprint density at radius 1 is 1.28 bits per heavy atom. The van der Waals surface area contributed by atoms with Crippen molar-refractivity contribution >= 4 is 11.6 Å². The van der Waals surface area contributed by atoms with Crippen molar-refractivity contribution < 1.29 is 4.79 Å². The number of hydrogen-bond donors (Lipinski definition) is 2. The highest BCUT2D eigenvalue weighted by atomic mass is 16.1. The van der Waals surface area contributed by atoms with Gasteiger partial charge in [-0.1, -0.05) is 24.6 Å². The van der Waals surface area contributed by atoms with Crippen molar-refractivity contribution in [2.45, 2.75) is 45.6 Å². The van der Waals surface area contributed by atoms with Gasteiger partial charge in [-0.3, -0.25) is 4.79 Å². The highest BCUT2D eigenvalue weighted by Crippen LogP contribution is 2.26. The molecule has 0 radical (unpaired) electrons. The monoisotopic (exact) mass is 246 g/mol. The number of carbonyl (C=O) groups excluding carboxylic acids is 1. The molecule has 18 heavy (non-hydrogen) atoms. The molecule has 0 heterocycles. The number of hydrogen-bond acceptors (Lipinski definition) is 2.